The zero-order valence-corrected chi connectivity index (χ0v) is 16.8. The van der Waals surface area contributed by atoms with Gasteiger partial charge in [-0.15, -0.1) is 0 Å². The summed E-state index contributed by atoms with van der Waals surface area (Å²) < 4.78 is 32.1. The van der Waals surface area contributed by atoms with Crippen molar-refractivity contribution in [3.8, 4) is 0 Å². The summed E-state index contributed by atoms with van der Waals surface area (Å²) in [7, 11) is -3.87. The Kier molecular flexibility index (Phi) is 5.96. The maximum Gasteiger partial charge on any atom is 0.270 e. The fourth-order valence-corrected chi connectivity index (χ4v) is 4.72. The molecular weight excluding hydrogens is 402 g/mol. The van der Waals surface area contributed by atoms with Gasteiger partial charge in [0.15, 0.2) is 0 Å². The summed E-state index contributed by atoms with van der Waals surface area (Å²) >= 11 is 0. The van der Waals surface area contributed by atoms with E-state index in [1.54, 1.807) is 19.9 Å². The first kappa shape index (κ1) is 20.9. The van der Waals surface area contributed by atoms with Crippen molar-refractivity contribution in [2.75, 3.05) is 38.0 Å². The summed E-state index contributed by atoms with van der Waals surface area (Å²) in [6, 6.07) is 5.39. The molecule has 0 bridgehead atoms. The molecule has 156 valence electrons. The summed E-state index contributed by atoms with van der Waals surface area (Å²) in [5.74, 6) is -0.0261. The van der Waals surface area contributed by atoms with Crippen LogP contribution in [0.3, 0.4) is 0 Å². The first-order valence-corrected chi connectivity index (χ1v) is 10.3. The standard InChI is InChI=1S/C17H21N5O6S/c1-12-3-4-14(22(24)25)10-15(12)29(26,27)21-7-5-20(6-8-21)11-16(23)18-17-9-13(2)19-28-17/h3-4,9-10H,5-8,11H2,1-2H3,(H,18,23). The fraction of sp³-hybridized carbons (Fsp3) is 0.412. The molecule has 1 N–H and O–H groups in total. The van der Waals surface area contributed by atoms with Crippen LogP contribution in [-0.2, 0) is 14.8 Å². The van der Waals surface area contributed by atoms with Crippen LogP contribution in [0.4, 0.5) is 11.6 Å². The molecule has 0 saturated carbocycles. The minimum absolute atomic E-state index is 0.0708. The zero-order valence-electron chi connectivity index (χ0n) is 16.0. The molecule has 1 saturated heterocycles. The molecule has 1 aromatic heterocycles. The number of anilines is 1. The number of piperazine rings is 1. The van der Waals surface area contributed by atoms with Crippen molar-refractivity contribution in [1.29, 1.82) is 0 Å². The van der Waals surface area contributed by atoms with E-state index in [1.165, 1.54) is 16.4 Å². The first-order valence-electron chi connectivity index (χ1n) is 8.87. The van der Waals surface area contributed by atoms with E-state index in [-0.39, 0.29) is 42.0 Å². The number of hydrogen-bond acceptors (Lipinski definition) is 8. The number of nitro groups is 1. The number of nitro benzene ring substituents is 1. The Hall–Kier alpha value is -2.83. The first-order chi connectivity index (χ1) is 13.7. The molecule has 0 atom stereocenters. The minimum Gasteiger partial charge on any atom is -0.338 e. The Morgan fingerprint density at radius 3 is 2.52 bits per heavy atom. The molecule has 2 heterocycles. The molecule has 0 unspecified atom stereocenters. The number of nitrogens with one attached hydrogen (secondary N) is 1. The lowest BCUT2D eigenvalue weighted by Gasteiger charge is -2.33. The minimum atomic E-state index is -3.87. The van der Waals surface area contributed by atoms with Crippen molar-refractivity contribution in [2.24, 2.45) is 0 Å². The van der Waals surface area contributed by atoms with Gasteiger partial charge in [0.2, 0.25) is 21.8 Å². The van der Waals surface area contributed by atoms with E-state index in [4.69, 9.17) is 4.52 Å². The normalized spacial score (nSPS) is 15.9. The van der Waals surface area contributed by atoms with Gasteiger partial charge >= 0.3 is 0 Å². The van der Waals surface area contributed by atoms with Crippen molar-refractivity contribution >= 4 is 27.5 Å². The highest BCUT2D eigenvalue weighted by molar-refractivity contribution is 7.89. The summed E-state index contributed by atoms with van der Waals surface area (Å²) in [5.41, 5.74) is 0.822. The molecule has 12 heteroatoms. The molecule has 1 fully saturated rings. The predicted molar refractivity (Wildman–Crippen MR) is 103 cm³/mol. The number of benzene rings is 1. The number of non-ortho nitro benzene ring substituents is 1. The van der Waals surface area contributed by atoms with E-state index >= 15 is 0 Å². The number of amides is 1. The lowest BCUT2D eigenvalue weighted by molar-refractivity contribution is -0.385. The second-order valence-electron chi connectivity index (χ2n) is 6.77. The molecule has 11 nitrogen and oxygen atoms in total. The van der Waals surface area contributed by atoms with E-state index in [2.05, 4.69) is 10.5 Å². The van der Waals surface area contributed by atoms with Gasteiger partial charge in [-0.05, 0) is 19.4 Å². The zero-order chi connectivity index (χ0) is 21.2. The molecular formula is C17H21N5O6S. The van der Waals surface area contributed by atoms with Gasteiger partial charge < -0.3 is 4.52 Å². The Labute approximate surface area is 167 Å². The number of carbonyl (C=O) groups excluding carboxylic acids is 1. The van der Waals surface area contributed by atoms with Crippen LogP contribution in [0.1, 0.15) is 11.3 Å². The third-order valence-electron chi connectivity index (χ3n) is 4.59. The van der Waals surface area contributed by atoms with Crippen LogP contribution in [0.5, 0.6) is 0 Å². The van der Waals surface area contributed by atoms with Crippen LogP contribution in [0.2, 0.25) is 0 Å². The molecule has 29 heavy (non-hydrogen) atoms. The SMILES string of the molecule is Cc1cc(NC(=O)CN2CCN(S(=O)(=O)c3cc([N+](=O)[O-])ccc3C)CC2)on1. The number of hydrogen-bond donors (Lipinski definition) is 1. The van der Waals surface area contributed by atoms with Gasteiger partial charge in [0, 0.05) is 44.4 Å². The number of rotatable bonds is 6. The van der Waals surface area contributed by atoms with Gasteiger partial charge in [0.25, 0.3) is 5.69 Å². The maximum absolute atomic E-state index is 12.9. The molecule has 2 aromatic rings. The monoisotopic (exact) mass is 423 g/mol. The van der Waals surface area contributed by atoms with E-state index < -0.39 is 14.9 Å². The summed E-state index contributed by atoms with van der Waals surface area (Å²) in [5, 5.41) is 17.3. The van der Waals surface area contributed by atoms with E-state index in [0.29, 0.717) is 24.3 Å². The van der Waals surface area contributed by atoms with Crippen LogP contribution in [0, 0.1) is 24.0 Å². The largest absolute Gasteiger partial charge is 0.338 e. The van der Waals surface area contributed by atoms with Crippen molar-refractivity contribution in [3.63, 3.8) is 0 Å². The average Bonchev–Trinajstić information content (AvgIpc) is 3.06. The molecule has 1 aliphatic heterocycles. The van der Waals surface area contributed by atoms with Gasteiger partial charge in [0.05, 0.1) is 22.1 Å². The van der Waals surface area contributed by atoms with E-state index in [0.717, 1.165) is 6.07 Å². The molecule has 1 aliphatic rings. The molecule has 0 radical (unpaired) electrons. The van der Waals surface area contributed by atoms with E-state index in [9.17, 15) is 23.3 Å². The summed E-state index contributed by atoms with van der Waals surface area (Å²) in [4.78, 5) is 24.2. The van der Waals surface area contributed by atoms with E-state index in [1.807, 2.05) is 4.90 Å². The van der Waals surface area contributed by atoms with Gasteiger partial charge in [-0.2, -0.15) is 4.31 Å². The summed E-state index contributed by atoms with van der Waals surface area (Å²) in [6.07, 6.45) is 0. The van der Waals surface area contributed by atoms with Crippen molar-refractivity contribution < 1.29 is 22.7 Å². The Morgan fingerprint density at radius 1 is 1.24 bits per heavy atom. The van der Waals surface area contributed by atoms with Crippen LogP contribution in [0.25, 0.3) is 0 Å². The van der Waals surface area contributed by atoms with Crippen LogP contribution >= 0.6 is 0 Å². The second-order valence-corrected chi connectivity index (χ2v) is 8.67. The highest BCUT2D eigenvalue weighted by Gasteiger charge is 2.31. The van der Waals surface area contributed by atoms with Crippen molar-refractivity contribution in [3.05, 3.63) is 45.6 Å². The lowest BCUT2D eigenvalue weighted by Crippen LogP contribution is -2.50. The topological polar surface area (TPSA) is 139 Å². The number of carbonyl (C=O) groups is 1. The molecule has 3 rings (SSSR count). The number of nitrogens with zero attached hydrogens (tertiary/aromatic N) is 4. The fourth-order valence-electron chi connectivity index (χ4n) is 3.05. The Balaban J connectivity index is 1.62. The van der Waals surface area contributed by atoms with Crippen LogP contribution < -0.4 is 5.32 Å². The highest BCUT2D eigenvalue weighted by atomic mass is 32.2. The van der Waals surface area contributed by atoms with Crippen molar-refractivity contribution in [1.82, 2.24) is 14.4 Å². The van der Waals surface area contributed by atoms with Crippen LogP contribution in [0.15, 0.2) is 33.7 Å². The highest BCUT2D eigenvalue weighted by Crippen LogP contribution is 2.25. The molecule has 0 spiro atoms. The van der Waals surface area contributed by atoms with Gasteiger partial charge in [-0.1, -0.05) is 11.2 Å². The molecule has 0 aliphatic carbocycles. The molecule has 1 aromatic carbocycles. The number of aryl methyl sites for hydroxylation is 2. The van der Waals surface area contributed by atoms with Crippen molar-refractivity contribution in [2.45, 2.75) is 18.7 Å². The molecule has 1 amide bonds. The third kappa shape index (κ3) is 4.78. The Morgan fingerprint density at radius 2 is 1.93 bits per heavy atom. The average molecular weight is 423 g/mol. The third-order valence-corrected chi connectivity index (χ3v) is 6.63. The van der Waals surface area contributed by atoms with Gasteiger partial charge in [0.1, 0.15) is 0 Å². The quantitative estimate of drug-likeness (QED) is 0.539. The maximum atomic E-state index is 12.9. The predicted octanol–water partition coefficient (Wildman–Crippen LogP) is 1.14. The van der Waals surface area contributed by atoms with Gasteiger partial charge in [-0.3, -0.25) is 25.1 Å². The second kappa shape index (κ2) is 8.27. The summed E-state index contributed by atoms with van der Waals surface area (Å²) in [6.45, 7) is 4.50. The Bertz CT molecular complexity index is 1030. The van der Waals surface area contributed by atoms with Crippen LogP contribution in [-0.4, -0.2) is 66.3 Å². The lowest BCUT2D eigenvalue weighted by atomic mass is 10.2. The smallest absolute Gasteiger partial charge is 0.270 e. The number of aromatic nitrogens is 1. The van der Waals surface area contributed by atoms with Gasteiger partial charge in [-0.25, -0.2) is 8.42 Å². The number of sulfonamides is 1.